The molecule has 1 aromatic carbocycles. The Bertz CT molecular complexity index is 354. The summed E-state index contributed by atoms with van der Waals surface area (Å²) in [4.78, 5) is 2.28. The van der Waals surface area contributed by atoms with E-state index in [-0.39, 0.29) is 0 Å². The first-order chi connectivity index (χ1) is 8.90. The molecule has 0 saturated heterocycles. The molecule has 3 heteroatoms. The zero-order chi connectivity index (χ0) is 14.3. The molecule has 0 saturated carbocycles. The van der Waals surface area contributed by atoms with E-state index in [1.165, 1.54) is 11.1 Å². The minimum Gasteiger partial charge on any atom is -0.389 e. The highest BCUT2D eigenvalue weighted by Crippen LogP contribution is 2.11. The largest absolute Gasteiger partial charge is 0.389 e. The maximum atomic E-state index is 9.99. The van der Waals surface area contributed by atoms with Crippen LogP contribution in [-0.4, -0.2) is 42.4 Å². The van der Waals surface area contributed by atoms with Crippen LogP contribution in [0.2, 0.25) is 0 Å². The average molecular weight is 265 g/mol. The van der Waals surface area contributed by atoms with Crippen molar-refractivity contribution in [2.45, 2.75) is 39.3 Å². The second-order valence-corrected chi connectivity index (χ2v) is 5.86. The maximum Gasteiger partial charge on any atom is 0.0718 e. The van der Waals surface area contributed by atoms with Gasteiger partial charge in [0.1, 0.15) is 0 Å². The number of methoxy groups -OCH3 is 1. The van der Waals surface area contributed by atoms with Gasteiger partial charge in [0.05, 0.1) is 5.60 Å². The Labute approximate surface area is 117 Å². The molecule has 1 rings (SSSR count). The van der Waals surface area contributed by atoms with Crippen molar-refractivity contribution in [1.29, 1.82) is 0 Å². The summed E-state index contributed by atoms with van der Waals surface area (Å²) in [5, 5.41) is 9.99. The summed E-state index contributed by atoms with van der Waals surface area (Å²) >= 11 is 0. The fourth-order valence-corrected chi connectivity index (χ4v) is 2.15. The summed E-state index contributed by atoms with van der Waals surface area (Å²) in [5.41, 5.74) is 1.89. The van der Waals surface area contributed by atoms with Crippen molar-refractivity contribution in [2.24, 2.45) is 0 Å². The topological polar surface area (TPSA) is 32.7 Å². The zero-order valence-electron chi connectivity index (χ0n) is 12.6. The smallest absolute Gasteiger partial charge is 0.0718 e. The van der Waals surface area contributed by atoms with Crippen molar-refractivity contribution >= 4 is 0 Å². The zero-order valence-corrected chi connectivity index (χ0v) is 12.6. The van der Waals surface area contributed by atoms with E-state index in [0.717, 1.165) is 26.1 Å². The van der Waals surface area contributed by atoms with Gasteiger partial charge in [-0.15, -0.1) is 0 Å². The molecule has 0 aliphatic rings. The summed E-state index contributed by atoms with van der Waals surface area (Å²) in [6.45, 7) is 9.04. The molecular formula is C16H27NO2. The summed E-state index contributed by atoms with van der Waals surface area (Å²) in [7, 11) is 1.72. The summed E-state index contributed by atoms with van der Waals surface area (Å²) in [6, 6.07) is 8.57. The van der Waals surface area contributed by atoms with Crippen LogP contribution >= 0.6 is 0 Å². The Morgan fingerprint density at radius 1 is 1.21 bits per heavy atom. The van der Waals surface area contributed by atoms with Gasteiger partial charge in [-0.05, 0) is 32.8 Å². The Kier molecular flexibility index (Phi) is 6.49. The molecule has 0 unspecified atom stereocenters. The molecule has 0 amide bonds. The van der Waals surface area contributed by atoms with Crippen LogP contribution in [0, 0.1) is 6.92 Å². The number of aryl methyl sites for hydroxylation is 1. The van der Waals surface area contributed by atoms with Crippen LogP contribution in [0.15, 0.2) is 24.3 Å². The number of rotatable bonds is 8. The van der Waals surface area contributed by atoms with Gasteiger partial charge in [0, 0.05) is 33.4 Å². The lowest BCUT2D eigenvalue weighted by Gasteiger charge is -2.29. The van der Waals surface area contributed by atoms with Crippen molar-refractivity contribution in [3.05, 3.63) is 35.4 Å². The number of aliphatic hydroxyl groups is 1. The van der Waals surface area contributed by atoms with Crippen molar-refractivity contribution in [3.63, 3.8) is 0 Å². The number of ether oxygens (including phenoxy) is 1. The SMILES string of the molecule is COCCCN(Cc1ccc(C)cc1)CC(C)(C)O. The van der Waals surface area contributed by atoms with Gasteiger partial charge in [0.2, 0.25) is 0 Å². The Balaban J connectivity index is 2.59. The van der Waals surface area contributed by atoms with E-state index in [1.807, 2.05) is 13.8 Å². The summed E-state index contributed by atoms with van der Waals surface area (Å²) < 4.78 is 5.10. The molecule has 108 valence electrons. The molecular weight excluding hydrogens is 238 g/mol. The minimum atomic E-state index is -0.669. The fraction of sp³-hybridized carbons (Fsp3) is 0.625. The monoisotopic (exact) mass is 265 g/mol. The van der Waals surface area contributed by atoms with Gasteiger partial charge >= 0.3 is 0 Å². The number of hydrogen-bond acceptors (Lipinski definition) is 3. The first kappa shape index (κ1) is 16.2. The molecule has 1 N–H and O–H groups in total. The van der Waals surface area contributed by atoms with E-state index >= 15 is 0 Å². The molecule has 0 atom stereocenters. The first-order valence-corrected chi connectivity index (χ1v) is 6.90. The van der Waals surface area contributed by atoms with Gasteiger partial charge < -0.3 is 9.84 Å². The molecule has 0 aromatic heterocycles. The number of nitrogens with zero attached hydrogens (tertiary/aromatic N) is 1. The molecule has 19 heavy (non-hydrogen) atoms. The third-order valence-electron chi connectivity index (χ3n) is 2.96. The first-order valence-electron chi connectivity index (χ1n) is 6.90. The molecule has 3 nitrogen and oxygen atoms in total. The van der Waals surface area contributed by atoms with Crippen LogP contribution in [0.1, 0.15) is 31.4 Å². The van der Waals surface area contributed by atoms with Gasteiger partial charge in [0.15, 0.2) is 0 Å². The summed E-state index contributed by atoms with van der Waals surface area (Å²) in [6.07, 6.45) is 0.985. The lowest BCUT2D eigenvalue weighted by molar-refractivity contribution is 0.0306. The van der Waals surface area contributed by atoms with Gasteiger partial charge in [-0.25, -0.2) is 0 Å². The second kappa shape index (κ2) is 7.63. The standard InChI is InChI=1S/C16H27NO2/c1-14-6-8-15(9-7-14)12-17(10-5-11-19-4)13-16(2,3)18/h6-9,18H,5,10-13H2,1-4H3. The number of benzene rings is 1. The number of hydrogen-bond donors (Lipinski definition) is 1. The molecule has 0 spiro atoms. The molecule has 0 aliphatic carbocycles. The van der Waals surface area contributed by atoms with Crippen LogP contribution in [0.5, 0.6) is 0 Å². The highest BCUT2D eigenvalue weighted by atomic mass is 16.5. The van der Waals surface area contributed by atoms with E-state index in [4.69, 9.17) is 4.74 Å². The van der Waals surface area contributed by atoms with Gasteiger partial charge in [-0.3, -0.25) is 4.90 Å². The van der Waals surface area contributed by atoms with Crippen molar-refractivity contribution < 1.29 is 9.84 Å². The lowest BCUT2D eigenvalue weighted by Crippen LogP contribution is -2.39. The van der Waals surface area contributed by atoms with E-state index in [0.29, 0.717) is 6.54 Å². The van der Waals surface area contributed by atoms with Gasteiger partial charge in [-0.2, -0.15) is 0 Å². The lowest BCUT2D eigenvalue weighted by atomic mass is 10.1. The second-order valence-electron chi connectivity index (χ2n) is 5.86. The third kappa shape index (κ3) is 7.31. The molecule has 0 aliphatic heterocycles. The molecule has 0 fully saturated rings. The van der Waals surface area contributed by atoms with Crippen LogP contribution in [-0.2, 0) is 11.3 Å². The molecule has 1 aromatic rings. The minimum absolute atomic E-state index is 0.669. The quantitative estimate of drug-likeness (QED) is 0.733. The van der Waals surface area contributed by atoms with Crippen LogP contribution in [0.25, 0.3) is 0 Å². The van der Waals surface area contributed by atoms with Crippen LogP contribution < -0.4 is 0 Å². The van der Waals surface area contributed by atoms with Crippen molar-refractivity contribution in [2.75, 3.05) is 26.8 Å². The molecule has 0 radical (unpaired) electrons. The predicted molar refractivity (Wildman–Crippen MR) is 79.2 cm³/mol. The van der Waals surface area contributed by atoms with Gasteiger partial charge in [-0.1, -0.05) is 29.8 Å². The maximum absolute atomic E-state index is 9.99. The van der Waals surface area contributed by atoms with E-state index in [9.17, 15) is 5.11 Å². The van der Waals surface area contributed by atoms with Crippen molar-refractivity contribution in [1.82, 2.24) is 4.90 Å². The van der Waals surface area contributed by atoms with E-state index in [1.54, 1.807) is 7.11 Å². The van der Waals surface area contributed by atoms with Gasteiger partial charge in [0.25, 0.3) is 0 Å². The Hall–Kier alpha value is -0.900. The molecule has 0 heterocycles. The predicted octanol–water partition coefficient (Wildman–Crippen LogP) is 2.60. The molecule has 0 bridgehead atoms. The fourth-order valence-electron chi connectivity index (χ4n) is 2.15. The highest BCUT2D eigenvalue weighted by molar-refractivity contribution is 5.21. The van der Waals surface area contributed by atoms with Crippen LogP contribution in [0.4, 0.5) is 0 Å². The highest BCUT2D eigenvalue weighted by Gasteiger charge is 2.18. The van der Waals surface area contributed by atoms with E-state index < -0.39 is 5.60 Å². The Morgan fingerprint density at radius 3 is 2.37 bits per heavy atom. The Morgan fingerprint density at radius 2 is 1.84 bits per heavy atom. The third-order valence-corrected chi connectivity index (χ3v) is 2.96. The van der Waals surface area contributed by atoms with E-state index in [2.05, 4.69) is 36.1 Å². The normalized spacial score (nSPS) is 12.1. The summed E-state index contributed by atoms with van der Waals surface area (Å²) in [5.74, 6) is 0. The van der Waals surface area contributed by atoms with Crippen LogP contribution in [0.3, 0.4) is 0 Å². The van der Waals surface area contributed by atoms with Crippen molar-refractivity contribution in [3.8, 4) is 0 Å². The average Bonchev–Trinajstić information content (AvgIpc) is 2.30.